The van der Waals surface area contributed by atoms with Gasteiger partial charge in [0.1, 0.15) is 6.20 Å². The number of nitrogens with one attached hydrogen (secondary N) is 1. The predicted octanol–water partition coefficient (Wildman–Crippen LogP) is 0.0319. The lowest BCUT2D eigenvalue weighted by Gasteiger charge is -2.02. The molecule has 0 bridgehead atoms. The minimum absolute atomic E-state index is 0.0360. The number of aromatic nitrogens is 5. The average Bonchev–Trinajstić information content (AvgIpc) is 2.88. The van der Waals surface area contributed by atoms with E-state index < -0.39 is 4.92 Å². The molecule has 0 aromatic carbocycles. The first kappa shape index (κ1) is 11.0. The van der Waals surface area contributed by atoms with Crippen LogP contribution >= 0.6 is 0 Å². The second-order valence-corrected chi connectivity index (χ2v) is 3.39. The van der Waals surface area contributed by atoms with Crippen molar-refractivity contribution < 1.29 is 4.92 Å². The van der Waals surface area contributed by atoms with Gasteiger partial charge in [-0.2, -0.15) is 0 Å². The molecule has 1 N–H and O–H groups in total. The maximum absolute atomic E-state index is 10.7. The first-order valence-corrected chi connectivity index (χ1v) is 4.93. The minimum atomic E-state index is -0.467. The maximum Gasteiger partial charge on any atom is 0.330 e. The summed E-state index contributed by atoms with van der Waals surface area (Å²) >= 11 is 0. The van der Waals surface area contributed by atoms with Crippen LogP contribution in [0.4, 0.5) is 11.5 Å². The van der Waals surface area contributed by atoms with Gasteiger partial charge < -0.3 is 5.32 Å². The predicted molar refractivity (Wildman–Crippen MR) is 58.4 cm³/mol. The monoisotopic (exact) mass is 237 g/mol. The van der Waals surface area contributed by atoms with Gasteiger partial charge in [0.2, 0.25) is 5.82 Å². The Hall–Kier alpha value is -2.45. The van der Waals surface area contributed by atoms with Gasteiger partial charge in [-0.1, -0.05) is 5.21 Å². The average molecular weight is 237 g/mol. The van der Waals surface area contributed by atoms with Gasteiger partial charge in [-0.25, -0.2) is 0 Å². The Morgan fingerprint density at radius 3 is 3.06 bits per heavy atom. The van der Waals surface area contributed by atoms with Crippen LogP contribution in [0.5, 0.6) is 0 Å². The van der Waals surface area contributed by atoms with Crippen LogP contribution in [-0.4, -0.2) is 36.2 Å². The molecule has 2 aromatic rings. The SMILES string of the molecule is Cn1cc([N+](=O)[O-])c(NCCn2ccnn2)n1. The lowest BCUT2D eigenvalue weighted by molar-refractivity contribution is -0.384. The molecule has 17 heavy (non-hydrogen) atoms. The van der Waals surface area contributed by atoms with Crippen LogP contribution in [0.15, 0.2) is 18.6 Å². The number of aryl methyl sites for hydroxylation is 1. The second kappa shape index (κ2) is 4.60. The van der Waals surface area contributed by atoms with E-state index in [0.717, 1.165) is 0 Å². The first-order chi connectivity index (χ1) is 8.16. The Bertz CT molecular complexity index is 504. The van der Waals surface area contributed by atoms with E-state index in [0.29, 0.717) is 13.1 Å². The van der Waals surface area contributed by atoms with Crippen molar-refractivity contribution >= 4 is 11.5 Å². The fourth-order valence-corrected chi connectivity index (χ4v) is 1.38. The number of hydrogen-bond acceptors (Lipinski definition) is 6. The number of rotatable bonds is 5. The normalized spacial score (nSPS) is 10.4. The van der Waals surface area contributed by atoms with Crippen molar-refractivity contribution in [2.24, 2.45) is 7.05 Å². The van der Waals surface area contributed by atoms with E-state index in [4.69, 9.17) is 0 Å². The summed E-state index contributed by atoms with van der Waals surface area (Å²) in [6.45, 7) is 1.05. The smallest absolute Gasteiger partial charge is 0.330 e. The highest BCUT2D eigenvalue weighted by Gasteiger charge is 2.17. The highest BCUT2D eigenvalue weighted by molar-refractivity contribution is 5.54. The van der Waals surface area contributed by atoms with Crippen molar-refractivity contribution in [3.8, 4) is 0 Å². The highest BCUT2D eigenvalue weighted by Crippen LogP contribution is 2.20. The first-order valence-electron chi connectivity index (χ1n) is 4.93. The van der Waals surface area contributed by atoms with Gasteiger partial charge in [0.15, 0.2) is 0 Å². The second-order valence-electron chi connectivity index (χ2n) is 3.39. The molecular formula is C8H11N7O2. The fraction of sp³-hybridized carbons (Fsp3) is 0.375. The number of anilines is 1. The molecule has 90 valence electrons. The third-order valence-electron chi connectivity index (χ3n) is 2.11. The quantitative estimate of drug-likeness (QED) is 0.581. The third-order valence-corrected chi connectivity index (χ3v) is 2.11. The Balaban J connectivity index is 1.96. The molecule has 0 saturated heterocycles. The summed E-state index contributed by atoms with van der Waals surface area (Å²) in [5.41, 5.74) is -0.0360. The van der Waals surface area contributed by atoms with Gasteiger partial charge in [-0.05, 0) is 0 Å². The Labute approximate surface area is 96.2 Å². The highest BCUT2D eigenvalue weighted by atomic mass is 16.6. The van der Waals surface area contributed by atoms with Gasteiger partial charge >= 0.3 is 5.69 Å². The molecule has 0 spiro atoms. The Kier molecular flexibility index (Phi) is 2.99. The van der Waals surface area contributed by atoms with Crippen LogP contribution in [0.2, 0.25) is 0 Å². The van der Waals surface area contributed by atoms with Gasteiger partial charge in [0.05, 0.1) is 17.7 Å². The molecule has 0 saturated carbocycles. The van der Waals surface area contributed by atoms with E-state index in [2.05, 4.69) is 20.7 Å². The summed E-state index contributed by atoms with van der Waals surface area (Å²) in [6.07, 6.45) is 4.65. The molecule has 2 aromatic heterocycles. The molecule has 2 rings (SSSR count). The summed E-state index contributed by atoms with van der Waals surface area (Å²) in [6, 6.07) is 0. The zero-order valence-electron chi connectivity index (χ0n) is 9.15. The molecule has 0 amide bonds. The largest absolute Gasteiger partial charge is 0.361 e. The van der Waals surface area contributed by atoms with Gasteiger partial charge in [-0.15, -0.1) is 10.2 Å². The van der Waals surface area contributed by atoms with Crippen molar-refractivity contribution in [2.45, 2.75) is 6.54 Å². The molecule has 0 atom stereocenters. The molecule has 0 aliphatic heterocycles. The van der Waals surface area contributed by atoms with Crippen LogP contribution < -0.4 is 5.32 Å². The summed E-state index contributed by atoms with van der Waals surface area (Å²) in [5.74, 6) is 0.262. The van der Waals surface area contributed by atoms with Crippen molar-refractivity contribution in [2.75, 3.05) is 11.9 Å². The summed E-state index contributed by atoms with van der Waals surface area (Å²) in [7, 11) is 1.63. The van der Waals surface area contributed by atoms with Crippen LogP contribution in [0.3, 0.4) is 0 Å². The van der Waals surface area contributed by atoms with E-state index in [-0.39, 0.29) is 11.5 Å². The minimum Gasteiger partial charge on any atom is -0.361 e. The van der Waals surface area contributed by atoms with Gasteiger partial charge in [-0.3, -0.25) is 19.5 Å². The van der Waals surface area contributed by atoms with Crippen molar-refractivity contribution in [1.82, 2.24) is 24.8 Å². The van der Waals surface area contributed by atoms with Gasteiger partial charge in [0.25, 0.3) is 0 Å². The molecule has 0 aliphatic rings. The summed E-state index contributed by atoms with van der Waals surface area (Å²) in [5, 5.41) is 25.0. The summed E-state index contributed by atoms with van der Waals surface area (Å²) in [4.78, 5) is 10.2. The molecule has 0 radical (unpaired) electrons. The fourth-order valence-electron chi connectivity index (χ4n) is 1.38. The summed E-state index contributed by atoms with van der Waals surface area (Å²) < 4.78 is 3.03. The topological polar surface area (TPSA) is 104 Å². The van der Waals surface area contributed by atoms with E-state index in [1.54, 1.807) is 24.1 Å². The molecule has 0 aliphatic carbocycles. The van der Waals surface area contributed by atoms with Crippen molar-refractivity contribution in [3.05, 3.63) is 28.7 Å². The number of nitrogens with zero attached hydrogens (tertiary/aromatic N) is 6. The lowest BCUT2D eigenvalue weighted by Crippen LogP contribution is -2.12. The third kappa shape index (κ3) is 2.56. The number of nitro groups is 1. The molecule has 9 nitrogen and oxygen atoms in total. The van der Waals surface area contributed by atoms with Crippen LogP contribution in [0.1, 0.15) is 0 Å². The standard InChI is InChI=1S/C8H11N7O2/c1-13-6-7(15(16)17)8(11-13)9-2-4-14-5-3-10-12-14/h3,5-6H,2,4H2,1H3,(H,9,11). The molecule has 2 heterocycles. The zero-order valence-corrected chi connectivity index (χ0v) is 9.15. The van der Waals surface area contributed by atoms with Crippen LogP contribution in [0.25, 0.3) is 0 Å². The van der Waals surface area contributed by atoms with E-state index in [9.17, 15) is 10.1 Å². The van der Waals surface area contributed by atoms with E-state index >= 15 is 0 Å². The van der Waals surface area contributed by atoms with Gasteiger partial charge in [0, 0.05) is 19.8 Å². The molecule has 0 unspecified atom stereocenters. The van der Waals surface area contributed by atoms with Crippen LogP contribution in [-0.2, 0) is 13.6 Å². The Morgan fingerprint density at radius 1 is 1.59 bits per heavy atom. The van der Waals surface area contributed by atoms with E-state index in [1.807, 2.05) is 0 Å². The molecule has 9 heteroatoms. The van der Waals surface area contributed by atoms with E-state index in [1.165, 1.54) is 10.9 Å². The van der Waals surface area contributed by atoms with Crippen LogP contribution in [0, 0.1) is 10.1 Å². The zero-order chi connectivity index (χ0) is 12.3. The van der Waals surface area contributed by atoms with Crippen molar-refractivity contribution in [3.63, 3.8) is 0 Å². The Morgan fingerprint density at radius 2 is 2.41 bits per heavy atom. The van der Waals surface area contributed by atoms with Crippen molar-refractivity contribution in [1.29, 1.82) is 0 Å². The number of hydrogen-bond donors (Lipinski definition) is 1. The maximum atomic E-state index is 10.7. The molecular weight excluding hydrogens is 226 g/mol. The lowest BCUT2D eigenvalue weighted by atomic mass is 10.5. The molecule has 0 fully saturated rings.